The molecule has 1 heterocycles. The van der Waals surface area contributed by atoms with Gasteiger partial charge in [-0.3, -0.25) is 14.4 Å². The van der Waals surface area contributed by atoms with Crippen LogP contribution in [0.1, 0.15) is 38.2 Å². The fraction of sp³-hybridized carbons (Fsp3) is 0.353. The van der Waals surface area contributed by atoms with E-state index in [4.69, 9.17) is 0 Å². The second kappa shape index (κ2) is 6.24. The number of fused-ring (bicyclic) bond motifs is 1. The topological polar surface area (TPSA) is 91.1 Å². The first kappa shape index (κ1) is 16.7. The first-order valence-electron chi connectivity index (χ1n) is 7.42. The number of H-pyrrole nitrogens is 1. The number of aromatic nitrogens is 1. The number of aromatic amines is 1. The van der Waals surface area contributed by atoms with Crippen molar-refractivity contribution in [1.29, 1.82) is 0 Å². The number of amides is 2. The third kappa shape index (κ3) is 4.18. The molecule has 0 spiro atoms. The average molecular weight is 315 g/mol. The molecule has 122 valence electrons. The lowest BCUT2D eigenvalue weighted by Crippen LogP contribution is -2.51. The molecule has 0 aliphatic rings. The van der Waals surface area contributed by atoms with Crippen molar-refractivity contribution in [3.63, 3.8) is 0 Å². The largest absolute Gasteiger partial charge is 0.350 e. The number of rotatable bonds is 3. The minimum atomic E-state index is -0.711. The molecule has 0 saturated carbocycles. The lowest BCUT2D eigenvalue weighted by molar-refractivity contribution is -0.124. The van der Waals surface area contributed by atoms with Crippen LogP contribution in [-0.2, 0) is 4.79 Å². The summed E-state index contributed by atoms with van der Waals surface area (Å²) >= 11 is 0. The Morgan fingerprint density at radius 2 is 1.83 bits per heavy atom. The van der Waals surface area contributed by atoms with Gasteiger partial charge in [0.15, 0.2) is 0 Å². The summed E-state index contributed by atoms with van der Waals surface area (Å²) in [6.45, 7) is 7.18. The highest BCUT2D eigenvalue weighted by Gasteiger charge is 2.21. The number of hydrogen-bond acceptors (Lipinski definition) is 3. The first-order chi connectivity index (χ1) is 10.7. The highest BCUT2D eigenvalue weighted by Crippen LogP contribution is 2.10. The molecule has 0 bridgehead atoms. The SMILES string of the molecule is CC(NC(=O)c1cc2ccccc2c(=O)[nH]1)C(=O)NC(C)(C)C. The zero-order valence-corrected chi connectivity index (χ0v) is 13.7. The van der Waals surface area contributed by atoms with Crippen LogP contribution in [0.4, 0.5) is 0 Å². The fourth-order valence-corrected chi connectivity index (χ4v) is 2.15. The van der Waals surface area contributed by atoms with Gasteiger partial charge in [0.25, 0.3) is 11.5 Å². The number of carbonyl (C=O) groups excluding carboxylic acids is 2. The van der Waals surface area contributed by atoms with E-state index in [9.17, 15) is 14.4 Å². The number of nitrogens with one attached hydrogen (secondary N) is 3. The molecule has 2 aromatic rings. The van der Waals surface area contributed by atoms with Crippen molar-refractivity contribution >= 4 is 22.6 Å². The van der Waals surface area contributed by atoms with Gasteiger partial charge in [0.1, 0.15) is 11.7 Å². The molecule has 0 saturated heterocycles. The zero-order valence-electron chi connectivity index (χ0n) is 13.7. The van der Waals surface area contributed by atoms with E-state index >= 15 is 0 Å². The minimum Gasteiger partial charge on any atom is -0.350 e. The van der Waals surface area contributed by atoms with Crippen LogP contribution in [0.3, 0.4) is 0 Å². The van der Waals surface area contributed by atoms with Crippen LogP contribution in [-0.4, -0.2) is 28.4 Å². The second-order valence-corrected chi connectivity index (χ2v) is 6.53. The molecule has 0 fully saturated rings. The van der Waals surface area contributed by atoms with Gasteiger partial charge in [-0.2, -0.15) is 0 Å². The van der Waals surface area contributed by atoms with Crippen molar-refractivity contribution in [1.82, 2.24) is 15.6 Å². The van der Waals surface area contributed by atoms with Crippen molar-refractivity contribution < 1.29 is 9.59 Å². The van der Waals surface area contributed by atoms with E-state index in [-0.39, 0.29) is 22.7 Å². The van der Waals surface area contributed by atoms with Crippen LogP contribution in [0.15, 0.2) is 35.1 Å². The summed E-state index contributed by atoms with van der Waals surface area (Å²) in [6.07, 6.45) is 0. The average Bonchev–Trinajstić information content (AvgIpc) is 2.45. The lowest BCUT2D eigenvalue weighted by Gasteiger charge is -2.23. The van der Waals surface area contributed by atoms with E-state index in [0.717, 1.165) is 0 Å². The van der Waals surface area contributed by atoms with Crippen LogP contribution in [0.25, 0.3) is 10.8 Å². The van der Waals surface area contributed by atoms with Crippen molar-refractivity contribution in [3.8, 4) is 0 Å². The Hall–Kier alpha value is -2.63. The molecule has 0 aliphatic heterocycles. The van der Waals surface area contributed by atoms with Gasteiger partial charge in [0.05, 0.1) is 0 Å². The van der Waals surface area contributed by atoms with Crippen LogP contribution in [0, 0.1) is 0 Å². The Balaban J connectivity index is 2.18. The Bertz CT molecular complexity index is 803. The third-order valence-corrected chi connectivity index (χ3v) is 3.24. The third-order valence-electron chi connectivity index (χ3n) is 3.24. The standard InChI is InChI=1S/C17H21N3O3/c1-10(14(21)20-17(2,3)4)18-16(23)13-9-11-7-5-6-8-12(11)15(22)19-13/h5-10H,1-4H3,(H,18,23)(H,19,22)(H,20,21). The number of pyridine rings is 1. The van der Waals surface area contributed by atoms with Crippen molar-refractivity contribution in [2.45, 2.75) is 39.3 Å². The molecule has 1 aromatic heterocycles. The Labute approximate surface area is 134 Å². The van der Waals surface area contributed by atoms with Gasteiger partial charge in [0, 0.05) is 10.9 Å². The summed E-state index contributed by atoms with van der Waals surface area (Å²) in [6, 6.07) is 7.89. The van der Waals surface area contributed by atoms with Gasteiger partial charge in [-0.1, -0.05) is 18.2 Å². The van der Waals surface area contributed by atoms with Crippen molar-refractivity contribution in [2.75, 3.05) is 0 Å². The maximum atomic E-state index is 12.3. The molecule has 0 aliphatic carbocycles. The molecular formula is C17H21N3O3. The van der Waals surface area contributed by atoms with Crippen LogP contribution in [0.2, 0.25) is 0 Å². The number of hydrogen-bond donors (Lipinski definition) is 3. The Morgan fingerprint density at radius 3 is 2.48 bits per heavy atom. The summed E-state index contributed by atoms with van der Waals surface area (Å²) in [5, 5.41) is 6.57. The van der Waals surface area contributed by atoms with Gasteiger partial charge in [-0.25, -0.2) is 0 Å². The van der Waals surface area contributed by atoms with Gasteiger partial charge >= 0.3 is 0 Å². The van der Waals surface area contributed by atoms with Gasteiger partial charge in [0.2, 0.25) is 5.91 Å². The van der Waals surface area contributed by atoms with Crippen LogP contribution < -0.4 is 16.2 Å². The predicted molar refractivity (Wildman–Crippen MR) is 89.4 cm³/mol. The lowest BCUT2D eigenvalue weighted by atomic mass is 10.1. The maximum absolute atomic E-state index is 12.3. The molecule has 1 unspecified atom stereocenters. The number of carbonyl (C=O) groups is 2. The first-order valence-corrected chi connectivity index (χ1v) is 7.42. The minimum absolute atomic E-state index is 0.129. The highest BCUT2D eigenvalue weighted by molar-refractivity contribution is 5.98. The molecular weight excluding hydrogens is 294 g/mol. The summed E-state index contributed by atoms with van der Waals surface area (Å²) in [4.78, 5) is 38.8. The molecule has 6 nitrogen and oxygen atoms in total. The van der Waals surface area contributed by atoms with E-state index in [1.165, 1.54) is 0 Å². The van der Waals surface area contributed by atoms with Gasteiger partial charge in [-0.15, -0.1) is 0 Å². The molecule has 1 aromatic carbocycles. The van der Waals surface area contributed by atoms with Gasteiger partial charge in [-0.05, 0) is 45.2 Å². The molecule has 1 atom stereocenters. The molecule has 0 radical (unpaired) electrons. The monoisotopic (exact) mass is 315 g/mol. The molecule has 3 N–H and O–H groups in total. The second-order valence-electron chi connectivity index (χ2n) is 6.53. The van der Waals surface area contributed by atoms with Gasteiger partial charge < -0.3 is 15.6 Å². The van der Waals surface area contributed by atoms with E-state index < -0.39 is 11.9 Å². The smallest absolute Gasteiger partial charge is 0.268 e. The fourth-order valence-electron chi connectivity index (χ4n) is 2.15. The highest BCUT2D eigenvalue weighted by atomic mass is 16.2. The molecule has 2 rings (SSSR count). The Kier molecular flexibility index (Phi) is 4.54. The van der Waals surface area contributed by atoms with Crippen molar-refractivity contribution in [2.24, 2.45) is 0 Å². The summed E-state index contributed by atoms with van der Waals surface area (Å²) in [5.74, 6) is -0.779. The maximum Gasteiger partial charge on any atom is 0.268 e. The predicted octanol–water partition coefficient (Wildman–Crippen LogP) is 1.56. The van der Waals surface area contributed by atoms with E-state index in [2.05, 4.69) is 15.6 Å². The van der Waals surface area contributed by atoms with E-state index in [0.29, 0.717) is 10.8 Å². The van der Waals surface area contributed by atoms with E-state index in [1.54, 1.807) is 37.3 Å². The molecule has 2 amide bonds. The van der Waals surface area contributed by atoms with Crippen molar-refractivity contribution in [3.05, 3.63) is 46.4 Å². The zero-order chi connectivity index (χ0) is 17.2. The number of benzene rings is 1. The summed E-state index contributed by atoms with van der Waals surface area (Å²) < 4.78 is 0. The summed E-state index contributed by atoms with van der Waals surface area (Å²) in [5.41, 5.74) is -0.586. The van der Waals surface area contributed by atoms with Crippen LogP contribution in [0.5, 0.6) is 0 Å². The quantitative estimate of drug-likeness (QED) is 0.803. The molecule has 6 heteroatoms. The summed E-state index contributed by atoms with van der Waals surface area (Å²) in [7, 11) is 0. The molecule has 23 heavy (non-hydrogen) atoms. The Morgan fingerprint density at radius 1 is 1.17 bits per heavy atom. The normalized spacial score (nSPS) is 12.7. The van der Waals surface area contributed by atoms with Crippen LogP contribution >= 0.6 is 0 Å². The van der Waals surface area contributed by atoms with E-state index in [1.807, 2.05) is 20.8 Å².